The van der Waals surface area contributed by atoms with Gasteiger partial charge in [-0.25, -0.2) is 4.79 Å². The highest BCUT2D eigenvalue weighted by Crippen LogP contribution is 2.29. The van der Waals surface area contributed by atoms with Gasteiger partial charge in [-0.2, -0.15) is 0 Å². The van der Waals surface area contributed by atoms with E-state index in [0.29, 0.717) is 19.2 Å². The molecule has 1 fully saturated rings. The van der Waals surface area contributed by atoms with Crippen molar-refractivity contribution in [2.75, 3.05) is 13.2 Å². The molecule has 0 radical (unpaired) electrons. The van der Waals surface area contributed by atoms with E-state index < -0.39 is 6.09 Å². The van der Waals surface area contributed by atoms with E-state index >= 15 is 0 Å². The lowest BCUT2D eigenvalue weighted by atomic mass is 9.80. The van der Waals surface area contributed by atoms with Gasteiger partial charge in [0.2, 0.25) is 0 Å². The maximum atomic E-state index is 10.3. The molecule has 1 aliphatic rings. The highest BCUT2D eigenvalue weighted by molar-refractivity contribution is 5.64. The molecule has 3 N–H and O–H groups in total. The lowest BCUT2D eigenvalue weighted by Gasteiger charge is -2.31. The number of carbonyl (C=O) groups excluding carboxylic acids is 1. The lowest BCUT2D eigenvalue weighted by molar-refractivity contribution is 0.153. The molecule has 0 atom stereocenters. The molecule has 0 unspecified atom stereocenters. The molecule has 0 aromatic rings. The molecule has 0 saturated heterocycles. The predicted molar refractivity (Wildman–Crippen MR) is 64.1 cm³/mol. The van der Waals surface area contributed by atoms with Crippen LogP contribution in [-0.2, 0) is 4.74 Å². The molecular weight excluding hydrogens is 204 g/mol. The number of ether oxygens (including phenoxy) is 1. The van der Waals surface area contributed by atoms with Crippen molar-refractivity contribution >= 4 is 6.09 Å². The van der Waals surface area contributed by atoms with Gasteiger partial charge in [0.05, 0.1) is 0 Å². The molecule has 4 nitrogen and oxygen atoms in total. The van der Waals surface area contributed by atoms with Crippen LogP contribution in [0.15, 0.2) is 0 Å². The summed E-state index contributed by atoms with van der Waals surface area (Å²) in [6.07, 6.45) is 4.40. The summed E-state index contributed by atoms with van der Waals surface area (Å²) in [7, 11) is 0. The van der Waals surface area contributed by atoms with Gasteiger partial charge in [-0.3, -0.25) is 0 Å². The number of hydrogen-bond donors (Lipinski definition) is 2. The number of nitrogens with two attached hydrogens (primary N) is 1. The number of primary amides is 1. The lowest BCUT2D eigenvalue weighted by Crippen LogP contribution is -2.36. The smallest absolute Gasteiger partial charge is 0.404 e. The van der Waals surface area contributed by atoms with Gasteiger partial charge in [-0.15, -0.1) is 0 Å². The Hall–Kier alpha value is -0.770. The zero-order valence-corrected chi connectivity index (χ0v) is 10.4. The third-order valence-electron chi connectivity index (χ3n) is 3.49. The summed E-state index contributed by atoms with van der Waals surface area (Å²) in [5, 5.41) is 3.40. The van der Waals surface area contributed by atoms with Crippen molar-refractivity contribution in [3.8, 4) is 0 Å². The Bertz CT molecular complexity index is 211. The molecule has 4 heteroatoms. The van der Waals surface area contributed by atoms with E-state index in [4.69, 9.17) is 5.73 Å². The molecule has 0 bridgehead atoms. The molecule has 0 aromatic carbocycles. The molecule has 1 rings (SSSR count). The van der Waals surface area contributed by atoms with Crippen LogP contribution in [0, 0.1) is 11.8 Å². The number of nitrogens with one attached hydrogen (secondary N) is 1. The second kappa shape index (κ2) is 6.74. The minimum absolute atomic E-state index is 0.374. The average Bonchev–Trinajstić information content (AvgIpc) is 2.25. The van der Waals surface area contributed by atoms with Crippen LogP contribution < -0.4 is 11.1 Å². The van der Waals surface area contributed by atoms with Crippen LogP contribution in [0.1, 0.15) is 39.5 Å². The second-order valence-electron chi connectivity index (χ2n) is 4.98. The van der Waals surface area contributed by atoms with Crippen LogP contribution in [0.4, 0.5) is 4.79 Å². The van der Waals surface area contributed by atoms with Crippen LogP contribution in [0.2, 0.25) is 0 Å². The first-order chi connectivity index (χ1) is 7.59. The summed E-state index contributed by atoms with van der Waals surface area (Å²) in [6, 6.07) is 0.589. The van der Waals surface area contributed by atoms with E-state index in [-0.39, 0.29) is 0 Å². The van der Waals surface area contributed by atoms with Crippen molar-refractivity contribution in [1.82, 2.24) is 5.32 Å². The summed E-state index contributed by atoms with van der Waals surface area (Å²) in [4.78, 5) is 10.3. The molecule has 0 aliphatic heterocycles. The Labute approximate surface area is 97.9 Å². The van der Waals surface area contributed by atoms with Crippen molar-refractivity contribution in [3.63, 3.8) is 0 Å². The van der Waals surface area contributed by atoms with E-state index in [1.54, 1.807) is 0 Å². The zero-order chi connectivity index (χ0) is 12.0. The van der Waals surface area contributed by atoms with E-state index in [0.717, 1.165) is 11.8 Å². The average molecular weight is 228 g/mol. The van der Waals surface area contributed by atoms with Gasteiger partial charge in [0.25, 0.3) is 0 Å². The normalized spacial score (nSPS) is 25.7. The van der Waals surface area contributed by atoms with Crippen molar-refractivity contribution in [2.45, 2.75) is 45.6 Å². The predicted octanol–water partition coefficient (Wildman–Crippen LogP) is 1.89. The second-order valence-corrected chi connectivity index (χ2v) is 4.98. The Morgan fingerprint density at radius 2 is 2.00 bits per heavy atom. The zero-order valence-electron chi connectivity index (χ0n) is 10.4. The topological polar surface area (TPSA) is 64.3 Å². The minimum atomic E-state index is -0.690. The van der Waals surface area contributed by atoms with E-state index in [1.165, 1.54) is 25.7 Å². The Morgan fingerprint density at radius 1 is 1.38 bits per heavy atom. The molecule has 1 saturated carbocycles. The fourth-order valence-corrected chi connectivity index (χ4v) is 2.40. The number of rotatable bonds is 5. The third-order valence-corrected chi connectivity index (χ3v) is 3.49. The number of carbonyl (C=O) groups is 1. The number of hydrogen-bond acceptors (Lipinski definition) is 3. The first-order valence-corrected chi connectivity index (χ1v) is 6.25. The largest absolute Gasteiger partial charge is 0.448 e. The van der Waals surface area contributed by atoms with Crippen molar-refractivity contribution in [1.29, 1.82) is 0 Å². The Balaban J connectivity index is 2.06. The molecule has 16 heavy (non-hydrogen) atoms. The molecule has 0 aromatic heterocycles. The summed E-state index contributed by atoms with van der Waals surface area (Å²) in [5.74, 6) is 1.69. The van der Waals surface area contributed by atoms with Gasteiger partial charge in [-0.05, 0) is 37.5 Å². The van der Waals surface area contributed by atoms with Gasteiger partial charge in [0, 0.05) is 12.6 Å². The van der Waals surface area contributed by atoms with E-state index in [9.17, 15) is 4.79 Å². The van der Waals surface area contributed by atoms with E-state index in [1.807, 2.05) is 0 Å². The summed E-state index contributed by atoms with van der Waals surface area (Å²) in [6.45, 7) is 5.69. The molecule has 0 spiro atoms. The monoisotopic (exact) mass is 228 g/mol. The molecule has 0 heterocycles. The van der Waals surface area contributed by atoms with Crippen molar-refractivity contribution in [2.24, 2.45) is 17.6 Å². The maximum Gasteiger partial charge on any atom is 0.404 e. The van der Waals surface area contributed by atoms with Crippen LogP contribution in [0.25, 0.3) is 0 Å². The van der Waals surface area contributed by atoms with Gasteiger partial charge in [0.1, 0.15) is 6.61 Å². The Kier molecular flexibility index (Phi) is 5.60. The van der Waals surface area contributed by atoms with Crippen LogP contribution in [0.5, 0.6) is 0 Å². The van der Waals surface area contributed by atoms with Gasteiger partial charge in [-0.1, -0.05) is 13.8 Å². The van der Waals surface area contributed by atoms with Crippen LogP contribution in [-0.4, -0.2) is 25.3 Å². The third kappa shape index (κ3) is 4.84. The summed E-state index contributed by atoms with van der Waals surface area (Å²) >= 11 is 0. The fourth-order valence-electron chi connectivity index (χ4n) is 2.40. The van der Waals surface area contributed by atoms with Crippen molar-refractivity contribution in [3.05, 3.63) is 0 Å². The highest BCUT2D eigenvalue weighted by atomic mass is 16.5. The highest BCUT2D eigenvalue weighted by Gasteiger charge is 2.22. The first kappa shape index (κ1) is 13.3. The maximum absolute atomic E-state index is 10.3. The molecule has 1 aliphatic carbocycles. The minimum Gasteiger partial charge on any atom is -0.448 e. The summed E-state index contributed by atoms with van der Waals surface area (Å²) in [5.41, 5.74) is 4.87. The standard InChI is InChI=1S/C12H24N2O2/c1-9(2)10-3-5-11(6-4-10)14-7-8-16-12(13)15/h9-11,14H,3-8H2,1-2H3,(H2,13,15). The van der Waals surface area contributed by atoms with E-state index in [2.05, 4.69) is 23.9 Å². The van der Waals surface area contributed by atoms with Crippen LogP contribution in [0.3, 0.4) is 0 Å². The molecule has 94 valence electrons. The van der Waals surface area contributed by atoms with Gasteiger partial charge in [0.15, 0.2) is 0 Å². The Morgan fingerprint density at radius 3 is 2.50 bits per heavy atom. The van der Waals surface area contributed by atoms with Crippen LogP contribution >= 0.6 is 0 Å². The fraction of sp³-hybridized carbons (Fsp3) is 0.917. The van der Waals surface area contributed by atoms with Gasteiger partial charge >= 0.3 is 6.09 Å². The number of amides is 1. The quantitative estimate of drug-likeness (QED) is 0.706. The molecule has 1 amide bonds. The first-order valence-electron chi connectivity index (χ1n) is 6.25. The SMILES string of the molecule is CC(C)C1CCC(NCCOC(N)=O)CC1. The molecular formula is C12H24N2O2. The van der Waals surface area contributed by atoms with Gasteiger partial charge < -0.3 is 15.8 Å². The summed E-state index contributed by atoms with van der Waals surface area (Å²) < 4.78 is 4.67. The van der Waals surface area contributed by atoms with Crippen molar-refractivity contribution < 1.29 is 9.53 Å².